The van der Waals surface area contributed by atoms with Gasteiger partial charge in [0.2, 0.25) is 0 Å². The molecule has 0 aliphatic carbocycles. The van der Waals surface area contributed by atoms with E-state index in [9.17, 15) is 0 Å². The van der Waals surface area contributed by atoms with Crippen LogP contribution in [-0.4, -0.2) is 17.4 Å². The van der Waals surface area contributed by atoms with Crippen LogP contribution < -0.4 is 10.7 Å². The Hall–Kier alpha value is -1.42. The molecule has 0 heterocycles. The largest absolute Gasteiger partial charge is 0.362 e. The molecule has 0 aromatic heterocycles. The van der Waals surface area contributed by atoms with Gasteiger partial charge in [-0.1, -0.05) is 29.8 Å². The lowest BCUT2D eigenvalue weighted by Crippen LogP contribution is -2.32. The molecule has 2 N–H and O–H groups in total. The Bertz CT molecular complexity index is 382. The van der Waals surface area contributed by atoms with Crippen LogP contribution in [0, 0.1) is 6.92 Å². The molecule has 1 rings (SSSR count). The van der Waals surface area contributed by atoms with E-state index in [1.54, 1.807) is 0 Å². The third-order valence-corrected chi connectivity index (χ3v) is 2.37. The van der Waals surface area contributed by atoms with Crippen LogP contribution in [0.5, 0.6) is 0 Å². The topological polar surface area (TPSA) is 36.4 Å². The first kappa shape index (κ1) is 12.6. The maximum Gasteiger partial charge on any atom is 0.186 e. The Morgan fingerprint density at radius 3 is 2.50 bits per heavy atom. The van der Waals surface area contributed by atoms with E-state index in [1.165, 1.54) is 5.56 Å². The molecule has 0 spiro atoms. The molecular weight excluding hydrogens is 218 g/mol. The van der Waals surface area contributed by atoms with Gasteiger partial charge in [0, 0.05) is 6.54 Å². The van der Waals surface area contributed by atoms with Crippen molar-refractivity contribution in [2.24, 2.45) is 5.10 Å². The number of hydrazone groups is 1. The van der Waals surface area contributed by atoms with Gasteiger partial charge in [0.25, 0.3) is 0 Å². The van der Waals surface area contributed by atoms with Crippen molar-refractivity contribution in [2.75, 3.05) is 6.54 Å². The van der Waals surface area contributed by atoms with Gasteiger partial charge in [0.05, 0.1) is 5.71 Å². The van der Waals surface area contributed by atoms with Crippen LogP contribution in [0.4, 0.5) is 0 Å². The number of benzene rings is 1. The fourth-order valence-electron chi connectivity index (χ4n) is 1.19. The Labute approximate surface area is 102 Å². The van der Waals surface area contributed by atoms with Gasteiger partial charge in [0.1, 0.15) is 0 Å². The second kappa shape index (κ2) is 6.23. The molecular formula is C12H17N3S. The van der Waals surface area contributed by atoms with Crippen LogP contribution in [0.25, 0.3) is 0 Å². The molecule has 4 heteroatoms. The molecule has 0 atom stereocenters. The monoisotopic (exact) mass is 235 g/mol. The van der Waals surface area contributed by atoms with E-state index < -0.39 is 0 Å². The van der Waals surface area contributed by atoms with E-state index in [1.807, 2.05) is 26.0 Å². The van der Waals surface area contributed by atoms with Gasteiger partial charge in [-0.05, 0) is 38.6 Å². The summed E-state index contributed by atoms with van der Waals surface area (Å²) in [6.45, 7) is 6.80. The number of hydrogen-bond acceptors (Lipinski definition) is 2. The molecule has 1 aromatic rings. The average molecular weight is 235 g/mol. The standard InChI is InChI=1S/C12H17N3S/c1-4-13-12(16)15-14-10(3)11-7-5-9(2)6-8-11/h5-8H,4H2,1-3H3,(H2,13,15,16)/b14-10-. The highest BCUT2D eigenvalue weighted by Crippen LogP contribution is 2.03. The normalized spacial score (nSPS) is 11.1. The second-order valence-electron chi connectivity index (χ2n) is 3.53. The first-order chi connectivity index (χ1) is 7.63. The fraction of sp³-hybridized carbons (Fsp3) is 0.333. The third-order valence-electron chi connectivity index (χ3n) is 2.13. The van der Waals surface area contributed by atoms with Gasteiger partial charge in [-0.3, -0.25) is 5.43 Å². The molecule has 0 saturated heterocycles. The van der Waals surface area contributed by atoms with Crippen LogP contribution in [0.15, 0.2) is 29.4 Å². The highest BCUT2D eigenvalue weighted by atomic mass is 32.1. The number of hydrogen-bond donors (Lipinski definition) is 2. The van der Waals surface area contributed by atoms with Crippen LogP contribution in [0.3, 0.4) is 0 Å². The second-order valence-corrected chi connectivity index (χ2v) is 3.94. The summed E-state index contributed by atoms with van der Waals surface area (Å²) < 4.78 is 0. The van der Waals surface area contributed by atoms with E-state index in [0.29, 0.717) is 5.11 Å². The SMILES string of the molecule is CCNC(=S)N/N=C(/C)c1ccc(C)cc1. The van der Waals surface area contributed by atoms with Crippen LogP contribution in [0.1, 0.15) is 25.0 Å². The van der Waals surface area contributed by atoms with E-state index in [-0.39, 0.29) is 0 Å². The van der Waals surface area contributed by atoms with Gasteiger partial charge in [-0.15, -0.1) is 0 Å². The quantitative estimate of drug-likeness (QED) is 0.479. The van der Waals surface area contributed by atoms with E-state index >= 15 is 0 Å². The first-order valence-corrected chi connectivity index (χ1v) is 5.69. The molecule has 0 amide bonds. The number of nitrogens with one attached hydrogen (secondary N) is 2. The molecule has 3 nitrogen and oxygen atoms in total. The number of thiocarbonyl (C=S) groups is 1. The molecule has 0 bridgehead atoms. The van der Waals surface area contributed by atoms with Crippen molar-refractivity contribution in [2.45, 2.75) is 20.8 Å². The summed E-state index contributed by atoms with van der Waals surface area (Å²) in [5, 5.41) is 7.73. The molecule has 16 heavy (non-hydrogen) atoms. The van der Waals surface area contributed by atoms with E-state index in [0.717, 1.165) is 17.8 Å². The van der Waals surface area contributed by atoms with Gasteiger partial charge < -0.3 is 5.32 Å². The smallest absolute Gasteiger partial charge is 0.186 e. The van der Waals surface area contributed by atoms with Crippen molar-refractivity contribution in [3.05, 3.63) is 35.4 Å². The van der Waals surface area contributed by atoms with Gasteiger partial charge in [-0.25, -0.2) is 0 Å². The lowest BCUT2D eigenvalue weighted by Gasteiger charge is -2.05. The van der Waals surface area contributed by atoms with Gasteiger partial charge in [0.15, 0.2) is 5.11 Å². The van der Waals surface area contributed by atoms with Crippen LogP contribution in [0.2, 0.25) is 0 Å². The highest BCUT2D eigenvalue weighted by Gasteiger charge is 1.97. The molecule has 0 unspecified atom stereocenters. The zero-order valence-electron chi connectivity index (χ0n) is 9.87. The summed E-state index contributed by atoms with van der Waals surface area (Å²) >= 11 is 5.01. The predicted octanol–water partition coefficient (Wildman–Crippen LogP) is 2.20. The van der Waals surface area contributed by atoms with Crippen molar-refractivity contribution in [1.82, 2.24) is 10.7 Å². The highest BCUT2D eigenvalue weighted by molar-refractivity contribution is 7.80. The summed E-state index contributed by atoms with van der Waals surface area (Å²) in [5.41, 5.74) is 6.06. The first-order valence-electron chi connectivity index (χ1n) is 5.28. The third kappa shape index (κ3) is 3.98. The van der Waals surface area contributed by atoms with E-state index in [4.69, 9.17) is 12.2 Å². The Morgan fingerprint density at radius 1 is 1.31 bits per heavy atom. The summed E-state index contributed by atoms with van der Waals surface area (Å²) in [6, 6.07) is 8.23. The minimum atomic E-state index is 0.550. The van der Waals surface area contributed by atoms with Crippen molar-refractivity contribution < 1.29 is 0 Å². The Kier molecular flexibility index (Phi) is 4.92. The molecule has 0 aliphatic heterocycles. The number of rotatable bonds is 3. The summed E-state index contributed by atoms with van der Waals surface area (Å²) in [4.78, 5) is 0. The average Bonchev–Trinajstić information content (AvgIpc) is 2.27. The van der Waals surface area contributed by atoms with Crippen molar-refractivity contribution in [1.29, 1.82) is 0 Å². The Morgan fingerprint density at radius 2 is 1.94 bits per heavy atom. The van der Waals surface area contributed by atoms with Crippen molar-refractivity contribution in [3.8, 4) is 0 Å². The number of nitrogens with zero attached hydrogens (tertiary/aromatic N) is 1. The van der Waals surface area contributed by atoms with Crippen LogP contribution >= 0.6 is 12.2 Å². The molecule has 86 valence electrons. The molecule has 0 saturated carbocycles. The fourth-order valence-corrected chi connectivity index (χ4v) is 1.38. The zero-order chi connectivity index (χ0) is 12.0. The lowest BCUT2D eigenvalue weighted by atomic mass is 10.1. The molecule has 0 fully saturated rings. The Balaban J connectivity index is 2.63. The molecule has 1 aromatic carbocycles. The maximum absolute atomic E-state index is 5.01. The van der Waals surface area contributed by atoms with E-state index in [2.05, 4.69) is 34.9 Å². The number of aryl methyl sites for hydroxylation is 1. The zero-order valence-corrected chi connectivity index (χ0v) is 10.7. The summed E-state index contributed by atoms with van der Waals surface area (Å²) in [7, 11) is 0. The van der Waals surface area contributed by atoms with Crippen LogP contribution in [-0.2, 0) is 0 Å². The predicted molar refractivity (Wildman–Crippen MR) is 72.8 cm³/mol. The van der Waals surface area contributed by atoms with Crippen molar-refractivity contribution >= 4 is 23.0 Å². The molecule has 0 radical (unpaired) electrons. The van der Waals surface area contributed by atoms with Gasteiger partial charge >= 0.3 is 0 Å². The minimum absolute atomic E-state index is 0.550. The van der Waals surface area contributed by atoms with Gasteiger partial charge in [-0.2, -0.15) is 5.10 Å². The maximum atomic E-state index is 5.01. The summed E-state index contributed by atoms with van der Waals surface area (Å²) in [6.07, 6.45) is 0. The summed E-state index contributed by atoms with van der Waals surface area (Å²) in [5.74, 6) is 0. The minimum Gasteiger partial charge on any atom is -0.362 e. The lowest BCUT2D eigenvalue weighted by molar-refractivity contribution is 0.900. The van der Waals surface area contributed by atoms with Crippen molar-refractivity contribution in [3.63, 3.8) is 0 Å². The molecule has 0 aliphatic rings.